The number of hydrogen-bond donors (Lipinski definition) is 1. The van der Waals surface area contributed by atoms with Gasteiger partial charge in [-0.1, -0.05) is 5.92 Å². The highest BCUT2D eigenvalue weighted by molar-refractivity contribution is 5.52. The summed E-state index contributed by atoms with van der Waals surface area (Å²) >= 11 is 0. The molecule has 0 radical (unpaired) electrons. The number of halogens is 1. The number of ether oxygens (including phenoxy) is 1. The largest absolute Gasteiger partial charge is 0.448 e. The summed E-state index contributed by atoms with van der Waals surface area (Å²) in [4.78, 5) is 13.3. The van der Waals surface area contributed by atoms with Gasteiger partial charge in [-0.05, 0) is 5.92 Å². The lowest BCUT2D eigenvalue weighted by Crippen LogP contribution is -2.10. The summed E-state index contributed by atoms with van der Waals surface area (Å²) in [6.07, 6.45) is 3.45. The van der Waals surface area contributed by atoms with E-state index in [2.05, 4.69) is 22.1 Å². The standard InChI is InChI=1S/C14H11FN2O2/c1-10-7-12(5-6-16-10)19-11-3-2-4-14(17-9-18)13(15)8-11/h5-9H,4H2,1H3,(H,17,18)/p+1. The van der Waals surface area contributed by atoms with Gasteiger partial charge >= 0.3 is 0 Å². The molecule has 0 aromatic carbocycles. The van der Waals surface area contributed by atoms with Crippen molar-refractivity contribution in [2.45, 2.75) is 13.3 Å². The lowest BCUT2D eigenvalue weighted by atomic mass is 10.3. The van der Waals surface area contributed by atoms with Crippen LogP contribution in [-0.2, 0) is 4.79 Å². The van der Waals surface area contributed by atoms with E-state index in [9.17, 15) is 9.18 Å². The van der Waals surface area contributed by atoms with Gasteiger partial charge in [0.2, 0.25) is 6.41 Å². The fourth-order valence-corrected chi connectivity index (χ4v) is 1.54. The molecule has 0 saturated carbocycles. The number of H-pyrrole nitrogens is 1. The van der Waals surface area contributed by atoms with Crippen molar-refractivity contribution in [1.82, 2.24) is 5.32 Å². The molecule has 4 nitrogen and oxygen atoms in total. The number of pyridine rings is 1. The Morgan fingerprint density at radius 3 is 3.16 bits per heavy atom. The number of hydrogen-bond acceptors (Lipinski definition) is 2. The second-order valence-electron chi connectivity index (χ2n) is 3.89. The highest BCUT2D eigenvalue weighted by atomic mass is 19.1. The van der Waals surface area contributed by atoms with E-state index in [4.69, 9.17) is 4.74 Å². The molecule has 0 bridgehead atoms. The number of carbonyl (C=O) groups is 1. The van der Waals surface area contributed by atoms with E-state index in [-0.39, 0.29) is 17.9 Å². The monoisotopic (exact) mass is 259 g/mol. The van der Waals surface area contributed by atoms with Gasteiger partial charge in [-0.25, -0.2) is 9.37 Å². The molecule has 1 heterocycles. The fourth-order valence-electron chi connectivity index (χ4n) is 1.54. The van der Waals surface area contributed by atoms with Crippen LogP contribution in [0.25, 0.3) is 0 Å². The SMILES string of the molecule is Cc1cc(OC2=CC(F)=C(NC=O)CC#C2)cc[nH+]1. The summed E-state index contributed by atoms with van der Waals surface area (Å²) < 4.78 is 19.2. The minimum atomic E-state index is -0.571. The molecule has 96 valence electrons. The summed E-state index contributed by atoms with van der Waals surface area (Å²) in [5, 5.41) is 2.28. The van der Waals surface area contributed by atoms with Gasteiger partial charge in [-0.15, -0.1) is 0 Å². The average molecular weight is 259 g/mol. The molecule has 2 rings (SSSR count). The van der Waals surface area contributed by atoms with Crippen LogP contribution in [0.15, 0.2) is 41.7 Å². The number of carbonyl (C=O) groups excluding carboxylic acids is 1. The smallest absolute Gasteiger partial charge is 0.211 e. The predicted molar refractivity (Wildman–Crippen MR) is 66.2 cm³/mol. The molecule has 0 saturated heterocycles. The Bertz CT molecular complexity index is 624. The summed E-state index contributed by atoms with van der Waals surface area (Å²) in [5.74, 6) is 5.63. The Labute approximate surface area is 110 Å². The van der Waals surface area contributed by atoms with Gasteiger partial charge in [0, 0.05) is 25.1 Å². The van der Waals surface area contributed by atoms with Gasteiger partial charge in [0.05, 0.1) is 12.1 Å². The van der Waals surface area contributed by atoms with Gasteiger partial charge in [-0.2, -0.15) is 0 Å². The molecular weight excluding hydrogens is 247 g/mol. The van der Waals surface area contributed by atoms with Crippen LogP contribution in [0.3, 0.4) is 0 Å². The minimum Gasteiger partial charge on any atom is -0.448 e. The second kappa shape index (κ2) is 5.83. The number of amides is 1. The second-order valence-corrected chi connectivity index (χ2v) is 3.89. The average Bonchev–Trinajstić information content (AvgIpc) is 2.53. The van der Waals surface area contributed by atoms with E-state index < -0.39 is 5.83 Å². The number of nitrogens with one attached hydrogen (secondary N) is 2. The molecule has 1 amide bonds. The van der Waals surface area contributed by atoms with Crippen molar-refractivity contribution in [2.24, 2.45) is 0 Å². The quantitative estimate of drug-likeness (QED) is 0.656. The normalized spacial score (nSPS) is 13.9. The molecule has 0 atom stereocenters. The molecular formula is C14H12FN2O2+. The Balaban J connectivity index is 2.22. The fraction of sp³-hybridized carbons (Fsp3) is 0.143. The minimum absolute atomic E-state index is 0.134. The predicted octanol–water partition coefficient (Wildman–Crippen LogP) is 1.41. The molecule has 5 heteroatoms. The Morgan fingerprint density at radius 2 is 2.42 bits per heavy atom. The van der Waals surface area contributed by atoms with Crippen LogP contribution in [0.1, 0.15) is 12.1 Å². The Kier molecular flexibility index (Phi) is 3.94. The molecule has 0 fully saturated rings. The van der Waals surface area contributed by atoms with E-state index >= 15 is 0 Å². The lowest BCUT2D eigenvalue weighted by molar-refractivity contribution is -0.387. The third-order valence-corrected chi connectivity index (χ3v) is 2.40. The Hall–Kier alpha value is -2.61. The van der Waals surface area contributed by atoms with Gasteiger partial charge in [0.15, 0.2) is 17.6 Å². The molecule has 19 heavy (non-hydrogen) atoms. The maximum Gasteiger partial charge on any atom is 0.211 e. The maximum atomic E-state index is 13.7. The van der Waals surface area contributed by atoms with Crippen molar-refractivity contribution in [2.75, 3.05) is 0 Å². The van der Waals surface area contributed by atoms with E-state index in [0.29, 0.717) is 12.2 Å². The van der Waals surface area contributed by atoms with E-state index in [1.807, 2.05) is 6.92 Å². The number of aryl methyl sites for hydroxylation is 1. The van der Waals surface area contributed by atoms with Gasteiger partial charge in [0.25, 0.3) is 0 Å². The number of aromatic amines is 1. The van der Waals surface area contributed by atoms with E-state index in [1.165, 1.54) is 0 Å². The van der Waals surface area contributed by atoms with Crippen molar-refractivity contribution in [3.63, 3.8) is 0 Å². The number of aromatic nitrogens is 1. The first-order valence-electron chi connectivity index (χ1n) is 5.64. The Morgan fingerprint density at radius 1 is 1.58 bits per heavy atom. The number of allylic oxidation sites excluding steroid dienone is 4. The first-order valence-corrected chi connectivity index (χ1v) is 5.64. The topological polar surface area (TPSA) is 52.5 Å². The van der Waals surface area contributed by atoms with Crippen LogP contribution >= 0.6 is 0 Å². The molecule has 0 aliphatic heterocycles. The van der Waals surface area contributed by atoms with E-state index in [0.717, 1.165) is 11.8 Å². The third kappa shape index (κ3) is 3.42. The van der Waals surface area contributed by atoms with Crippen LogP contribution in [-0.4, -0.2) is 6.41 Å². The molecule has 2 N–H and O–H groups in total. The number of rotatable bonds is 4. The van der Waals surface area contributed by atoms with Gasteiger partial charge in [-0.3, -0.25) is 4.79 Å². The zero-order valence-electron chi connectivity index (χ0n) is 10.3. The van der Waals surface area contributed by atoms with Crippen molar-refractivity contribution in [1.29, 1.82) is 0 Å². The molecule has 0 spiro atoms. The van der Waals surface area contributed by atoms with Crippen molar-refractivity contribution in [3.8, 4) is 17.6 Å². The maximum absolute atomic E-state index is 13.7. The van der Waals surface area contributed by atoms with E-state index in [1.54, 1.807) is 18.3 Å². The van der Waals surface area contributed by atoms with Crippen molar-refractivity contribution < 1.29 is 18.9 Å². The van der Waals surface area contributed by atoms with Crippen LogP contribution in [0.5, 0.6) is 5.75 Å². The van der Waals surface area contributed by atoms with Crippen LogP contribution in [0, 0.1) is 18.8 Å². The summed E-state index contributed by atoms with van der Waals surface area (Å²) in [6, 6.07) is 3.49. The van der Waals surface area contributed by atoms with Crippen molar-refractivity contribution >= 4 is 6.41 Å². The van der Waals surface area contributed by atoms with Crippen molar-refractivity contribution in [3.05, 3.63) is 47.4 Å². The molecule has 1 aliphatic rings. The zero-order valence-corrected chi connectivity index (χ0v) is 10.3. The first kappa shape index (κ1) is 12.8. The van der Waals surface area contributed by atoms with Gasteiger partial charge in [0.1, 0.15) is 11.6 Å². The van der Waals surface area contributed by atoms with Gasteiger partial charge < -0.3 is 10.1 Å². The van der Waals surface area contributed by atoms with Crippen LogP contribution < -0.4 is 15.0 Å². The van der Waals surface area contributed by atoms with Crippen LogP contribution in [0.4, 0.5) is 4.39 Å². The summed E-state index contributed by atoms with van der Waals surface area (Å²) in [7, 11) is 0. The summed E-state index contributed by atoms with van der Waals surface area (Å²) in [5.41, 5.74) is 1.05. The summed E-state index contributed by atoms with van der Waals surface area (Å²) in [6.45, 7) is 1.88. The molecule has 1 aliphatic carbocycles. The molecule has 1 aromatic heterocycles. The zero-order chi connectivity index (χ0) is 13.7. The molecule has 0 unspecified atom stereocenters. The highest BCUT2D eigenvalue weighted by Crippen LogP contribution is 2.18. The van der Waals surface area contributed by atoms with Crippen LogP contribution in [0.2, 0.25) is 0 Å². The molecule has 1 aromatic rings. The first-order chi connectivity index (χ1) is 9.19. The highest BCUT2D eigenvalue weighted by Gasteiger charge is 2.09. The third-order valence-electron chi connectivity index (χ3n) is 2.40. The lowest BCUT2D eigenvalue weighted by Gasteiger charge is -2.03.